The number of carbonyl (C=O) groups excluding carboxylic acids is 1. The van der Waals surface area contributed by atoms with Crippen LogP contribution in [0.25, 0.3) is 0 Å². The summed E-state index contributed by atoms with van der Waals surface area (Å²) in [6, 6.07) is 0.724. The standard InChI is InChI=1S/C12H12ClF2NO4S/c13-21(18,19)11-5-8(9(14)6-10(11)15)12(17)16-7-1-3-20-4-2-7/h5-7H,1-4H2,(H,16,17). The Balaban J connectivity index is 2.28. The number of rotatable bonds is 3. The summed E-state index contributed by atoms with van der Waals surface area (Å²) >= 11 is 0. The van der Waals surface area contributed by atoms with E-state index in [1.165, 1.54) is 0 Å². The Morgan fingerprint density at radius 2 is 1.86 bits per heavy atom. The molecule has 116 valence electrons. The number of benzene rings is 1. The Labute approximate surface area is 124 Å². The predicted molar refractivity (Wildman–Crippen MR) is 70.7 cm³/mol. The van der Waals surface area contributed by atoms with Gasteiger partial charge in [-0.1, -0.05) is 0 Å². The minimum atomic E-state index is -4.41. The minimum absolute atomic E-state index is 0.202. The SMILES string of the molecule is O=C(NC1CCOCC1)c1cc(S(=O)(=O)Cl)c(F)cc1F. The van der Waals surface area contributed by atoms with E-state index in [1.807, 2.05) is 0 Å². The maximum Gasteiger partial charge on any atom is 0.264 e. The summed E-state index contributed by atoms with van der Waals surface area (Å²) in [5.74, 6) is -3.31. The summed E-state index contributed by atoms with van der Waals surface area (Å²) in [5.41, 5.74) is -0.567. The third-order valence-electron chi connectivity index (χ3n) is 3.09. The van der Waals surface area contributed by atoms with Crippen LogP contribution in [0.2, 0.25) is 0 Å². The molecule has 1 fully saturated rings. The monoisotopic (exact) mass is 339 g/mol. The molecule has 1 saturated heterocycles. The van der Waals surface area contributed by atoms with Gasteiger partial charge >= 0.3 is 0 Å². The van der Waals surface area contributed by atoms with Crippen LogP contribution < -0.4 is 5.32 Å². The van der Waals surface area contributed by atoms with E-state index in [4.69, 9.17) is 15.4 Å². The van der Waals surface area contributed by atoms with Crippen molar-refractivity contribution < 1.29 is 26.7 Å². The highest BCUT2D eigenvalue weighted by atomic mass is 35.7. The first kappa shape index (κ1) is 16.1. The van der Waals surface area contributed by atoms with Gasteiger partial charge in [0.25, 0.3) is 15.0 Å². The van der Waals surface area contributed by atoms with Gasteiger partial charge in [0.15, 0.2) is 0 Å². The maximum atomic E-state index is 13.7. The first-order valence-electron chi connectivity index (χ1n) is 6.11. The molecule has 9 heteroatoms. The summed E-state index contributed by atoms with van der Waals surface area (Å²) in [5, 5.41) is 2.55. The van der Waals surface area contributed by atoms with Crippen LogP contribution in [-0.4, -0.2) is 33.6 Å². The van der Waals surface area contributed by atoms with E-state index in [9.17, 15) is 22.0 Å². The quantitative estimate of drug-likeness (QED) is 0.852. The number of amides is 1. The zero-order valence-corrected chi connectivity index (χ0v) is 12.3. The summed E-state index contributed by atoms with van der Waals surface area (Å²) in [7, 11) is 0.637. The van der Waals surface area contributed by atoms with Crippen LogP contribution in [0.15, 0.2) is 17.0 Å². The molecule has 1 N–H and O–H groups in total. The summed E-state index contributed by atoms with van der Waals surface area (Å²) in [4.78, 5) is 11.0. The number of hydrogen-bond donors (Lipinski definition) is 1. The van der Waals surface area contributed by atoms with Crippen molar-refractivity contribution >= 4 is 25.6 Å². The Morgan fingerprint density at radius 1 is 1.24 bits per heavy atom. The predicted octanol–water partition coefficient (Wildman–Crippen LogP) is 1.80. The molecule has 1 aromatic carbocycles. The molecule has 1 aliphatic rings. The van der Waals surface area contributed by atoms with E-state index in [2.05, 4.69) is 5.32 Å². The largest absolute Gasteiger partial charge is 0.381 e. The fourth-order valence-electron chi connectivity index (χ4n) is 2.00. The number of halogens is 3. The van der Waals surface area contributed by atoms with Gasteiger partial charge in [-0.3, -0.25) is 4.79 Å². The van der Waals surface area contributed by atoms with Gasteiger partial charge in [-0.2, -0.15) is 0 Å². The van der Waals surface area contributed by atoms with Crippen molar-refractivity contribution in [1.29, 1.82) is 0 Å². The van der Waals surface area contributed by atoms with Gasteiger partial charge in [-0.05, 0) is 18.9 Å². The lowest BCUT2D eigenvalue weighted by Crippen LogP contribution is -2.39. The van der Waals surface area contributed by atoms with Crippen molar-refractivity contribution in [2.45, 2.75) is 23.8 Å². The second-order valence-electron chi connectivity index (χ2n) is 4.56. The van der Waals surface area contributed by atoms with Crippen LogP contribution in [0.1, 0.15) is 23.2 Å². The molecule has 0 aliphatic carbocycles. The van der Waals surface area contributed by atoms with Gasteiger partial charge in [0, 0.05) is 36.0 Å². The van der Waals surface area contributed by atoms with Crippen molar-refractivity contribution in [2.75, 3.05) is 13.2 Å². The molecule has 0 unspecified atom stereocenters. The van der Waals surface area contributed by atoms with Crippen LogP contribution in [0.4, 0.5) is 8.78 Å². The van der Waals surface area contributed by atoms with E-state index in [0.29, 0.717) is 38.2 Å². The first-order chi connectivity index (χ1) is 9.79. The molecule has 0 bridgehead atoms. The van der Waals surface area contributed by atoms with E-state index in [1.54, 1.807) is 0 Å². The van der Waals surface area contributed by atoms with E-state index >= 15 is 0 Å². The third-order valence-corrected chi connectivity index (χ3v) is 4.42. The molecule has 0 spiro atoms. The van der Waals surface area contributed by atoms with Crippen molar-refractivity contribution in [3.8, 4) is 0 Å². The van der Waals surface area contributed by atoms with Gasteiger partial charge in [0.05, 0.1) is 5.56 Å². The Bertz CT molecular complexity index is 659. The molecule has 1 amide bonds. The van der Waals surface area contributed by atoms with Crippen LogP contribution in [0.3, 0.4) is 0 Å². The smallest absolute Gasteiger partial charge is 0.264 e. The molecular weight excluding hydrogens is 328 g/mol. The molecular formula is C12H12ClF2NO4S. The highest BCUT2D eigenvalue weighted by molar-refractivity contribution is 8.13. The average molecular weight is 340 g/mol. The van der Waals surface area contributed by atoms with Gasteiger partial charge in [0.2, 0.25) is 0 Å². The zero-order chi connectivity index (χ0) is 15.6. The molecule has 0 aromatic heterocycles. The lowest BCUT2D eigenvalue weighted by Gasteiger charge is -2.23. The van der Waals surface area contributed by atoms with Crippen molar-refractivity contribution in [3.05, 3.63) is 29.3 Å². The highest BCUT2D eigenvalue weighted by Crippen LogP contribution is 2.23. The molecule has 5 nitrogen and oxygen atoms in total. The Morgan fingerprint density at radius 3 is 2.43 bits per heavy atom. The Kier molecular flexibility index (Phi) is 4.80. The summed E-state index contributed by atoms with van der Waals surface area (Å²) < 4.78 is 54.5. The zero-order valence-electron chi connectivity index (χ0n) is 10.7. The molecule has 0 radical (unpaired) electrons. The molecule has 1 aliphatic heterocycles. The van der Waals surface area contributed by atoms with E-state index in [0.717, 1.165) is 0 Å². The van der Waals surface area contributed by atoms with E-state index in [-0.39, 0.29) is 6.04 Å². The Hall–Kier alpha value is -1.25. The maximum absolute atomic E-state index is 13.7. The highest BCUT2D eigenvalue weighted by Gasteiger charge is 2.24. The van der Waals surface area contributed by atoms with Crippen molar-refractivity contribution in [3.63, 3.8) is 0 Å². The summed E-state index contributed by atoms with van der Waals surface area (Å²) in [6.45, 7) is 0.941. The van der Waals surface area contributed by atoms with Crippen LogP contribution in [0, 0.1) is 11.6 Å². The fourth-order valence-corrected chi connectivity index (χ4v) is 2.90. The number of hydrogen-bond acceptors (Lipinski definition) is 4. The number of nitrogens with one attached hydrogen (secondary N) is 1. The van der Waals surface area contributed by atoms with Crippen LogP contribution in [-0.2, 0) is 13.8 Å². The first-order valence-corrected chi connectivity index (χ1v) is 8.42. The van der Waals surface area contributed by atoms with Crippen LogP contribution >= 0.6 is 10.7 Å². The third kappa shape index (κ3) is 3.90. The summed E-state index contributed by atoms with van der Waals surface area (Å²) in [6.07, 6.45) is 1.13. The second kappa shape index (κ2) is 6.25. The van der Waals surface area contributed by atoms with Gasteiger partial charge in [-0.15, -0.1) is 0 Å². The van der Waals surface area contributed by atoms with E-state index < -0.39 is 37.1 Å². The molecule has 1 aromatic rings. The fraction of sp³-hybridized carbons (Fsp3) is 0.417. The minimum Gasteiger partial charge on any atom is -0.381 e. The van der Waals surface area contributed by atoms with Crippen LogP contribution in [0.5, 0.6) is 0 Å². The molecule has 21 heavy (non-hydrogen) atoms. The van der Waals surface area contributed by atoms with Crippen molar-refractivity contribution in [2.24, 2.45) is 0 Å². The average Bonchev–Trinajstić information content (AvgIpc) is 2.38. The van der Waals surface area contributed by atoms with Gasteiger partial charge in [-0.25, -0.2) is 17.2 Å². The molecule has 0 atom stereocenters. The second-order valence-corrected chi connectivity index (χ2v) is 7.09. The molecule has 1 heterocycles. The topological polar surface area (TPSA) is 72.5 Å². The number of ether oxygens (including phenoxy) is 1. The number of carbonyl (C=O) groups is 1. The normalized spacial score (nSPS) is 16.7. The van der Waals surface area contributed by atoms with Crippen molar-refractivity contribution in [1.82, 2.24) is 5.32 Å². The molecule has 2 rings (SSSR count). The lowest BCUT2D eigenvalue weighted by atomic mass is 10.1. The van der Waals surface area contributed by atoms with Gasteiger partial charge in [0.1, 0.15) is 16.5 Å². The lowest BCUT2D eigenvalue weighted by molar-refractivity contribution is 0.0694. The van der Waals surface area contributed by atoms with Gasteiger partial charge < -0.3 is 10.1 Å². The molecule has 0 saturated carbocycles.